The first-order valence-corrected chi connectivity index (χ1v) is 8.35. The van der Waals surface area contributed by atoms with Crippen LogP contribution in [0.1, 0.15) is 61.0 Å². The quantitative estimate of drug-likeness (QED) is 0.709. The first-order valence-electron chi connectivity index (χ1n) is 7.71. The summed E-state index contributed by atoms with van der Waals surface area (Å²) in [7, 11) is 0. The minimum atomic E-state index is 0. The maximum absolute atomic E-state index is 7.62. The zero-order valence-corrected chi connectivity index (χ0v) is 15.4. The topological polar surface area (TPSA) is 27.0 Å². The van der Waals surface area contributed by atoms with Crippen LogP contribution in [0.3, 0.4) is 0 Å². The summed E-state index contributed by atoms with van der Waals surface area (Å²) in [6.07, 6.45) is 0.625. The van der Waals surface area contributed by atoms with Crippen molar-refractivity contribution in [1.29, 1.82) is 5.26 Å². The molecule has 1 aromatic rings. The Kier molecular flexibility index (Phi) is 21.3. The normalized spacial score (nSPS) is 9.14. The van der Waals surface area contributed by atoms with Crippen molar-refractivity contribution in [2.45, 2.75) is 73.2 Å². The summed E-state index contributed by atoms with van der Waals surface area (Å²) in [5.41, 5.74) is 1.27. The van der Waals surface area contributed by atoms with Crippen LogP contribution in [0.4, 0.5) is 0 Å². The number of nitriles is 1. The molecule has 0 aromatic heterocycles. The fraction of sp³-hybridized carbons (Fsp3) is 0.632. The van der Waals surface area contributed by atoms with Gasteiger partial charge in [0, 0.05) is 24.3 Å². The summed E-state index contributed by atoms with van der Waals surface area (Å²) in [4.78, 5) is 2.46. The van der Waals surface area contributed by atoms with Gasteiger partial charge in [-0.3, -0.25) is 4.90 Å². The van der Waals surface area contributed by atoms with E-state index in [0.29, 0.717) is 18.5 Å². The number of thiol groups is 1. The molecule has 0 fully saturated rings. The molecule has 0 bridgehead atoms. The van der Waals surface area contributed by atoms with Crippen molar-refractivity contribution in [2.75, 3.05) is 6.54 Å². The van der Waals surface area contributed by atoms with E-state index in [1.807, 2.05) is 31.2 Å². The number of hydrogen-bond donors (Lipinski definition) is 1. The highest BCUT2D eigenvalue weighted by Crippen LogP contribution is 2.02. The minimum absolute atomic E-state index is 0. The molecule has 1 rings (SSSR count). The van der Waals surface area contributed by atoms with Crippen molar-refractivity contribution in [1.82, 2.24) is 4.90 Å². The molecule has 0 amide bonds. The van der Waals surface area contributed by atoms with E-state index in [9.17, 15) is 0 Å². The summed E-state index contributed by atoms with van der Waals surface area (Å²) in [5, 5.41) is 7.62. The third kappa shape index (κ3) is 15.4. The second-order valence-electron chi connectivity index (χ2n) is 5.17. The van der Waals surface area contributed by atoms with Crippen molar-refractivity contribution in [3.8, 4) is 6.07 Å². The maximum Gasteiger partial charge on any atom is 0.0618 e. The van der Waals surface area contributed by atoms with Crippen molar-refractivity contribution in [3.05, 3.63) is 35.9 Å². The summed E-state index contributed by atoms with van der Waals surface area (Å²) in [6, 6.07) is 13.5. The molecule has 22 heavy (non-hydrogen) atoms. The van der Waals surface area contributed by atoms with Gasteiger partial charge < -0.3 is 0 Å². The van der Waals surface area contributed by atoms with Gasteiger partial charge in [0.05, 0.1) is 6.07 Å². The highest BCUT2D eigenvalue weighted by Gasteiger charge is 2.08. The van der Waals surface area contributed by atoms with Gasteiger partial charge in [-0.15, -0.1) is 0 Å². The van der Waals surface area contributed by atoms with E-state index in [0.717, 1.165) is 12.3 Å². The van der Waals surface area contributed by atoms with Crippen LogP contribution in [0.25, 0.3) is 0 Å². The second kappa shape index (κ2) is 18.1. The standard InChI is InChI=1S/C8H19N.C7H8S.C3H5N.CH4/c1-6-9(7(2)3)8(4)5;8-6-7-4-2-1-3-5-7;1-2-3-4;/h7-8H,6H2,1-5H3;1-5,8H,6H2;2H2,1H3;1H4. The van der Waals surface area contributed by atoms with Crippen LogP contribution < -0.4 is 0 Å². The van der Waals surface area contributed by atoms with Gasteiger partial charge in [0.15, 0.2) is 0 Å². The lowest BCUT2D eigenvalue weighted by Crippen LogP contribution is -2.36. The molecule has 0 saturated carbocycles. The number of hydrogen-bond acceptors (Lipinski definition) is 3. The lowest BCUT2D eigenvalue weighted by molar-refractivity contribution is 0.185. The molecule has 0 spiro atoms. The molecule has 1 aromatic carbocycles. The molecular formula is C19H36N2S. The zero-order valence-electron chi connectivity index (χ0n) is 14.5. The van der Waals surface area contributed by atoms with E-state index in [2.05, 4.69) is 64.3 Å². The summed E-state index contributed by atoms with van der Waals surface area (Å²) in [6.45, 7) is 14.1. The Morgan fingerprint density at radius 3 is 1.59 bits per heavy atom. The molecule has 0 radical (unpaired) electrons. The van der Waals surface area contributed by atoms with Crippen LogP contribution in [-0.4, -0.2) is 23.5 Å². The lowest BCUT2D eigenvalue weighted by Gasteiger charge is -2.28. The van der Waals surface area contributed by atoms with Crippen LogP contribution in [0.15, 0.2) is 30.3 Å². The van der Waals surface area contributed by atoms with Gasteiger partial charge in [-0.2, -0.15) is 17.9 Å². The Morgan fingerprint density at radius 2 is 1.45 bits per heavy atom. The highest BCUT2D eigenvalue weighted by atomic mass is 32.1. The van der Waals surface area contributed by atoms with Gasteiger partial charge in [0.25, 0.3) is 0 Å². The first kappa shape index (κ1) is 25.9. The molecule has 0 aliphatic rings. The van der Waals surface area contributed by atoms with Crippen molar-refractivity contribution < 1.29 is 0 Å². The smallest absolute Gasteiger partial charge is 0.0618 e. The van der Waals surface area contributed by atoms with E-state index in [1.165, 1.54) is 5.56 Å². The van der Waals surface area contributed by atoms with Crippen LogP contribution >= 0.6 is 12.6 Å². The zero-order chi connectivity index (χ0) is 16.7. The molecule has 0 saturated heterocycles. The Hall–Kier alpha value is -0.980. The number of benzene rings is 1. The maximum atomic E-state index is 7.62. The van der Waals surface area contributed by atoms with E-state index >= 15 is 0 Å². The number of rotatable bonds is 4. The molecule has 128 valence electrons. The Bertz CT molecular complexity index is 347. The Labute approximate surface area is 145 Å². The fourth-order valence-electron chi connectivity index (χ4n) is 1.91. The third-order valence-corrected chi connectivity index (χ3v) is 3.24. The summed E-state index contributed by atoms with van der Waals surface area (Å²) < 4.78 is 0. The van der Waals surface area contributed by atoms with Gasteiger partial charge >= 0.3 is 0 Å². The van der Waals surface area contributed by atoms with Crippen LogP contribution in [0, 0.1) is 11.3 Å². The minimum Gasteiger partial charge on any atom is -0.299 e. The van der Waals surface area contributed by atoms with Gasteiger partial charge in [-0.1, -0.05) is 51.6 Å². The van der Waals surface area contributed by atoms with Crippen molar-refractivity contribution in [3.63, 3.8) is 0 Å². The Morgan fingerprint density at radius 1 is 1.05 bits per heavy atom. The van der Waals surface area contributed by atoms with Crippen molar-refractivity contribution >= 4 is 12.6 Å². The molecule has 0 atom stereocenters. The average molecular weight is 325 g/mol. The van der Waals surface area contributed by atoms with Crippen LogP contribution in [-0.2, 0) is 5.75 Å². The lowest BCUT2D eigenvalue weighted by atomic mass is 10.2. The van der Waals surface area contributed by atoms with Gasteiger partial charge in [-0.25, -0.2) is 0 Å². The van der Waals surface area contributed by atoms with Gasteiger partial charge in [0.2, 0.25) is 0 Å². The van der Waals surface area contributed by atoms with Gasteiger partial charge in [-0.05, 0) is 39.8 Å². The van der Waals surface area contributed by atoms with E-state index in [4.69, 9.17) is 5.26 Å². The van der Waals surface area contributed by atoms with E-state index in [-0.39, 0.29) is 7.43 Å². The van der Waals surface area contributed by atoms with Gasteiger partial charge in [0.1, 0.15) is 0 Å². The molecule has 0 aliphatic heterocycles. The largest absolute Gasteiger partial charge is 0.299 e. The second-order valence-corrected chi connectivity index (χ2v) is 5.49. The summed E-state index contributed by atoms with van der Waals surface area (Å²) >= 11 is 4.11. The molecule has 3 heteroatoms. The average Bonchev–Trinajstić information content (AvgIpc) is 2.49. The Balaban J connectivity index is -0.000000257. The molecule has 2 nitrogen and oxygen atoms in total. The predicted octanol–water partition coefficient (Wildman–Crippen LogP) is 5.80. The highest BCUT2D eigenvalue weighted by molar-refractivity contribution is 7.79. The fourth-order valence-corrected chi connectivity index (χ4v) is 2.12. The monoisotopic (exact) mass is 324 g/mol. The predicted molar refractivity (Wildman–Crippen MR) is 104 cm³/mol. The van der Waals surface area contributed by atoms with Crippen molar-refractivity contribution in [2.24, 2.45) is 0 Å². The molecule has 0 heterocycles. The molecule has 0 unspecified atom stereocenters. The third-order valence-electron chi connectivity index (χ3n) is 2.88. The van der Waals surface area contributed by atoms with Crippen LogP contribution in [0.5, 0.6) is 0 Å². The first-order chi connectivity index (χ1) is 9.94. The van der Waals surface area contributed by atoms with E-state index in [1.54, 1.807) is 0 Å². The molecule has 0 aliphatic carbocycles. The molecule has 0 N–H and O–H groups in total. The van der Waals surface area contributed by atoms with E-state index < -0.39 is 0 Å². The van der Waals surface area contributed by atoms with Crippen LogP contribution in [0.2, 0.25) is 0 Å². The molecular weight excluding hydrogens is 288 g/mol. The number of nitrogens with zero attached hydrogens (tertiary/aromatic N) is 2. The summed E-state index contributed by atoms with van der Waals surface area (Å²) in [5.74, 6) is 0.834. The SMILES string of the molecule is C.CCC#N.CCN(C(C)C)C(C)C.SCc1ccccc1.